The van der Waals surface area contributed by atoms with E-state index in [-0.39, 0.29) is 16.3 Å². The predicted molar refractivity (Wildman–Crippen MR) is 71.5 cm³/mol. The van der Waals surface area contributed by atoms with Gasteiger partial charge in [0, 0.05) is 17.2 Å². The Kier molecular flexibility index (Phi) is 3.40. The second-order valence-electron chi connectivity index (χ2n) is 4.75. The lowest BCUT2D eigenvalue weighted by molar-refractivity contribution is -0.158. The maximum absolute atomic E-state index is 14.1. The molecule has 9 heteroatoms. The van der Waals surface area contributed by atoms with Gasteiger partial charge in [0.1, 0.15) is 12.8 Å². The topological polar surface area (TPSA) is 92.5 Å². The Morgan fingerprint density at radius 1 is 1.26 bits per heavy atom. The monoisotopic (exact) mass is 321 g/mol. The first-order valence-corrected chi connectivity index (χ1v) is 6.45. The van der Waals surface area contributed by atoms with Crippen LogP contribution in [0.1, 0.15) is 15.9 Å². The zero-order chi connectivity index (χ0) is 16.6. The van der Waals surface area contributed by atoms with E-state index in [2.05, 4.69) is 15.0 Å². The SMILES string of the molecule is O=C(CN1C(=O)c2ccccc2C(F)(F)C1=O)Nc1ccon1. The minimum absolute atomic E-state index is 0.0408. The van der Waals surface area contributed by atoms with E-state index in [4.69, 9.17) is 0 Å². The third-order valence-corrected chi connectivity index (χ3v) is 3.26. The van der Waals surface area contributed by atoms with Crippen molar-refractivity contribution in [3.05, 3.63) is 47.7 Å². The third-order valence-electron chi connectivity index (χ3n) is 3.26. The number of hydrogen-bond acceptors (Lipinski definition) is 5. The van der Waals surface area contributed by atoms with Crippen LogP contribution in [0.5, 0.6) is 0 Å². The van der Waals surface area contributed by atoms with Gasteiger partial charge in [0.25, 0.3) is 5.91 Å². The highest BCUT2D eigenvalue weighted by Crippen LogP contribution is 2.37. The smallest absolute Gasteiger partial charge is 0.351 e. The van der Waals surface area contributed by atoms with Gasteiger partial charge in [-0.25, -0.2) is 0 Å². The Hall–Kier alpha value is -3.10. The van der Waals surface area contributed by atoms with E-state index in [0.29, 0.717) is 0 Å². The Morgan fingerprint density at radius 3 is 2.70 bits per heavy atom. The number of alkyl halides is 2. The number of halogens is 2. The fourth-order valence-electron chi connectivity index (χ4n) is 2.21. The fraction of sp³-hybridized carbons (Fsp3) is 0.143. The summed E-state index contributed by atoms with van der Waals surface area (Å²) < 4.78 is 32.8. The zero-order valence-electron chi connectivity index (χ0n) is 11.5. The highest BCUT2D eigenvalue weighted by atomic mass is 19.3. The zero-order valence-corrected chi connectivity index (χ0v) is 11.5. The minimum Gasteiger partial charge on any atom is -0.363 e. The van der Waals surface area contributed by atoms with Gasteiger partial charge >= 0.3 is 11.8 Å². The van der Waals surface area contributed by atoms with Crippen LogP contribution in [0, 0.1) is 0 Å². The predicted octanol–water partition coefficient (Wildman–Crippen LogP) is 1.39. The van der Waals surface area contributed by atoms with E-state index in [1.807, 2.05) is 0 Å². The van der Waals surface area contributed by atoms with Gasteiger partial charge in [-0.05, 0) is 6.07 Å². The highest BCUT2D eigenvalue weighted by molar-refractivity contribution is 6.14. The van der Waals surface area contributed by atoms with Crippen molar-refractivity contribution in [3.8, 4) is 0 Å². The molecule has 0 saturated carbocycles. The van der Waals surface area contributed by atoms with E-state index in [1.54, 1.807) is 0 Å². The first-order chi connectivity index (χ1) is 10.9. The van der Waals surface area contributed by atoms with Crippen LogP contribution in [0.2, 0.25) is 0 Å². The summed E-state index contributed by atoms with van der Waals surface area (Å²) in [7, 11) is 0. The fourth-order valence-corrected chi connectivity index (χ4v) is 2.21. The van der Waals surface area contributed by atoms with Gasteiger partial charge in [0.2, 0.25) is 5.91 Å². The van der Waals surface area contributed by atoms with Crippen LogP contribution in [0.15, 0.2) is 41.1 Å². The number of carbonyl (C=O) groups is 3. The Morgan fingerprint density at radius 2 is 2.00 bits per heavy atom. The number of aromatic nitrogens is 1. The average Bonchev–Trinajstić information content (AvgIpc) is 3.03. The van der Waals surface area contributed by atoms with Crippen molar-refractivity contribution < 1.29 is 27.7 Å². The molecule has 118 valence electrons. The summed E-state index contributed by atoms with van der Waals surface area (Å²) in [6.07, 6.45) is 1.19. The van der Waals surface area contributed by atoms with Crippen molar-refractivity contribution in [3.63, 3.8) is 0 Å². The van der Waals surface area contributed by atoms with Gasteiger partial charge in [-0.2, -0.15) is 8.78 Å². The lowest BCUT2D eigenvalue weighted by Gasteiger charge is -2.31. The van der Waals surface area contributed by atoms with E-state index in [9.17, 15) is 23.2 Å². The van der Waals surface area contributed by atoms with E-state index < -0.39 is 35.8 Å². The van der Waals surface area contributed by atoms with E-state index >= 15 is 0 Å². The molecule has 0 aliphatic carbocycles. The maximum Gasteiger partial charge on any atom is 0.351 e. The van der Waals surface area contributed by atoms with Gasteiger partial charge in [-0.15, -0.1) is 0 Å². The van der Waals surface area contributed by atoms with Crippen molar-refractivity contribution in [2.75, 3.05) is 11.9 Å². The normalized spacial score (nSPS) is 16.2. The Bertz CT molecular complexity index is 789. The quantitative estimate of drug-likeness (QED) is 0.862. The molecule has 1 aromatic carbocycles. The number of benzene rings is 1. The van der Waals surface area contributed by atoms with Gasteiger partial charge in [-0.3, -0.25) is 19.3 Å². The van der Waals surface area contributed by atoms with Crippen LogP contribution >= 0.6 is 0 Å². The largest absolute Gasteiger partial charge is 0.363 e. The third kappa shape index (κ3) is 2.45. The molecule has 0 spiro atoms. The van der Waals surface area contributed by atoms with Crippen molar-refractivity contribution in [2.24, 2.45) is 0 Å². The number of fused-ring (bicyclic) bond motifs is 1. The Balaban J connectivity index is 1.87. The molecule has 1 N–H and O–H groups in total. The highest BCUT2D eigenvalue weighted by Gasteiger charge is 2.52. The molecule has 2 heterocycles. The van der Waals surface area contributed by atoms with Crippen LogP contribution < -0.4 is 5.32 Å². The molecule has 2 aromatic rings. The lowest BCUT2D eigenvalue weighted by Crippen LogP contribution is -2.52. The molecule has 3 amide bonds. The number of imide groups is 1. The van der Waals surface area contributed by atoms with Crippen LogP contribution in [-0.2, 0) is 15.5 Å². The molecule has 0 saturated heterocycles. The number of rotatable bonds is 3. The molecule has 0 bridgehead atoms. The molecule has 7 nitrogen and oxygen atoms in total. The average molecular weight is 321 g/mol. The molecule has 1 aliphatic heterocycles. The van der Waals surface area contributed by atoms with Crippen LogP contribution in [0.4, 0.5) is 14.6 Å². The molecular formula is C14H9F2N3O4. The first-order valence-electron chi connectivity index (χ1n) is 6.45. The summed E-state index contributed by atoms with van der Waals surface area (Å²) in [6, 6.07) is 6.22. The number of nitrogens with zero attached hydrogens (tertiary/aromatic N) is 2. The molecule has 1 aromatic heterocycles. The standard InChI is InChI=1S/C14H9F2N3O4/c15-14(16)9-4-2-1-3-8(9)12(21)19(13(14)22)7-11(20)17-10-5-6-23-18-10/h1-6H,7H2,(H,17,18,20). The van der Waals surface area contributed by atoms with Gasteiger partial charge < -0.3 is 9.84 Å². The molecule has 1 aliphatic rings. The molecule has 0 fully saturated rings. The summed E-state index contributed by atoms with van der Waals surface area (Å²) in [4.78, 5) is 36.1. The minimum atomic E-state index is -3.88. The summed E-state index contributed by atoms with van der Waals surface area (Å²) in [5.41, 5.74) is -0.977. The number of amides is 3. The van der Waals surface area contributed by atoms with Crippen LogP contribution in [0.25, 0.3) is 0 Å². The first kappa shape index (κ1) is 14.8. The number of hydrogen-bond donors (Lipinski definition) is 1. The molecule has 0 unspecified atom stereocenters. The molecule has 0 radical (unpaired) electrons. The number of carbonyl (C=O) groups excluding carboxylic acids is 3. The van der Waals surface area contributed by atoms with E-state index in [0.717, 1.165) is 6.07 Å². The molecule has 23 heavy (non-hydrogen) atoms. The van der Waals surface area contributed by atoms with Crippen molar-refractivity contribution >= 4 is 23.5 Å². The number of nitrogens with one attached hydrogen (secondary N) is 1. The maximum atomic E-state index is 14.1. The van der Waals surface area contributed by atoms with Crippen LogP contribution in [-0.4, -0.2) is 34.3 Å². The summed E-state index contributed by atoms with van der Waals surface area (Å²) in [5.74, 6) is -7.38. The summed E-state index contributed by atoms with van der Waals surface area (Å²) >= 11 is 0. The van der Waals surface area contributed by atoms with Crippen molar-refractivity contribution in [1.29, 1.82) is 0 Å². The van der Waals surface area contributed by atoms with Gasteiger partial charge in [0.05, 0.1) is 0 Å². The summed E-state index contributed by atoms with van der Waals surface area (Å²) in [5, 5.41) is 5.64. The Labute approximate surface area is 127 Å². The molecular weight excluding hydrogens is 312 g/mol. The van der Waals surface area contributed by atoms with Gasteiger partial charge in [-0.1, -0.05) is 23.4 Å². The second kappa shape index (κ2) is 5.27. The molecule has 3 rings (SSSR count). The van der Waals surface area contributed by atoms with Gasteiger partial charge in [0.15, 0.2) is 5.82 Å². The van der Waals surface area contributed by atoms with Crippen molar-refractivity contribution in [1.82, 2.24) is 10.1 Å². The van der Waals surface area contributed by atoms with Crippen molar-refractivity contribution in [2.45, 2.75) is 5.92 Å². The van der Waals surface area contributed by atoms with E-state index in [1.165, 1.54) is 30.5 Å². The lowest BCUT2D eigenvalue weighted by atomic mass is 9.95. The van der Waals surface area contributed by atoms with Crippen LogP contribution in [0.3, 0.4) is 0 Å². The molecule has 0 atom stereocenters. The second-order valence-corrected chi connectivity index (χ2v) is 4.75. The summed E-state index contributed by atoms with van der Waals surface area (Å²) in [6.45, 7) is -0.853. The number of anilines is 1.